The lowest BCUT2D eigenvalue weighted by molar-refractivity contribution is -0.137. The number of aliphatic hydroxyl groups is 1. The summed E-state index contributed by atoms with van der Waals surface area (Å²) in [6.07, 6.45) is -5.46. The van der Waals surface area contributed by atoms with Gasteiger partial charge in [0.2, 0.25) is 0 Å². The van der Waals surface area contributed by atoms with Gasteiger partial charge in [0.05, 0.1) is 5.56 Å². The van der Waals surface area contributed by atoms with Crippen LogP contribution in [0.5, 0.6) is 0 Å². The summed E-state index contributed by atoms with van der Waals surface area (Å²) in [5, 5.41) is 8.84. The first-order valence-electron chi connectivity index (χ1n) is 4.36. The lowest BCUT2D eigenvalue weighted by Crippen LogP contribution is -2.10. The Morgan fingerprint density at radius 3 is 2.31 bits per heavy atom. The van der Waals surface area contributed by atoms with Crippen molar-refractivity contribution in [3.8, 4) is 0 Å². The molecular weight excluding hydrogens is 243 g/mol. The number of hydrogen-bond acceptors (Lipinski definition) is 3. The van der Waals surface area contributed by atoms with Crippen molar-refractivity contribution in [1.29, 1.82) is 0 Å². The van der Waals surface area contributed by atoms with Crippen LogP contribution in [0.4, 0.5) is 13.2 Å². The molecule has 0 saturated heterocycles. The van der Waals surface area contributed by atoms with Crippen LogP contribution in [0.3, 0.4) is 0 Å². The Morgan fingerprint density at radius 2 is 1.88 bits per heavy atom. The minimum atomic E-state index is -4.35. The molecule has 1 N–H and O–H groups in total. The second-order valence-electron chi connectivity index (χ2n) is 3.22. The van der Waals surface area contributed by atoms with Crippen molar-refractivity contribution in [2.75, 3.05) is 0 Å². The summed E-state index contributed by atoms with van der Waals surface area (Å²) in [7, 11) is 0. The standard InChI is InChI=1S/C9H7F3NO2S/c10-9(11,12)6-3-1-5(2-4-6)7-8(14)15-13-16-7/h1-4,7-8,14H/q+1. The highest BCUT2D eigenvalue weighted by molar-refractivity contribution is 7.98. The van der Waals surface area contributed by atoms with Gasteiger partial charge in [-0.1, -0.05) is 16.7 Å². The van der Waals surface area contributed by atoms with E-state index < -0.39 is 23.3 Å². The van der Waals surface area contributed by atoms with Crippen molar-refractivity contribution < 1.29 is 18.3 Å². The molecule has 1 heterocycles. The van der Waals surface area contributed by atoms with Gasteiger partial charge in [0, 0.05) is 0 Å². The van der Waals surface area contributed by atoms with Crippen LogP contribution in [0.25, 0.3) is 0 Å². The van der Waals surface area contributed by atoms with Crippen LogP contribution in [0.2, 0.25) is 0 Å². The van der Waals surface area contributed by atoms with E-state index in [-0.39, 0.29) is 0 Å². The maximum atomic E-state index is 12.3. The number of alkyl halides is 3. The van der Waals surface area contributed by atoms with Crippen molar-refractivity contribution in [3.05, 3.63) is 39.9 Å². The smallest absolute Gasteiger partial charge is 0.308 e. The summed E-state index contributed by atoms with van der Waals surface area (Å²) in [6.45, 7) is 0. The van der Waals surface area contributed by atoms with Gasteiger partial charge < -0.3 is 5.11 Å². The van der Waals surface area contributed by atoms with Gasteiger partial charge in [-0.25, -0.2) is 0 Å². The van der Waals surface area contributed by atoms with Crippen LogP contribution in [0, 0.1) is 4.54 Å². The van der Waals surface area contributed by atoms with E-state index in [0.717, 1.165) is 24.1 Å². The molecule has 3 nitrogen and oxygen atoms in total. The van der Waals surface area contributed by atoms with E-state index in [1.807, 2.05) is 0 Å². The van der Waals surface area contributed by atoms with Crippen molar-refractivity contribution >= 4 is 11.9 Å². The molecule has 2 unspecified atom stereocenters. The summed E-state index contributed by atoms with van der Waals surface area (Å²) >= 11 is 0.988. The highest BCUT2D eigenvalue weighted by atomic mass is 32.2. The Labute approximate surface area is 93.1 Å². The molecule has 2 atom stereocenters. The van der Waals surface area contributed by atoms with E-state index in [1.54, 1.807) is 0 Å². The molecule has 1 aliphatic heterocycles. The van der Waals surface area contributed by atoms with Gasteiger partial charge in [-0.15, -0.1) is 0 Å². The Balaban J connectivity index is 2.20. The number of aliphatic hydroxyl groups excluding tert-OH is 1. The molecular formula is C9H7F3NO2S+. The molecule has 0 fully saturated rings. The van der Waals surface area contributed by atoms with Gasteiger partial charge >= 0.3 is 12.5 Å². The van der Waals surface area contributed by atoms with Crippen molar-refractivity contribution in [1.82, 2.24) is 0 Å². The first-order chi connectivity index (χ1) is 7.48. The molecule has 2 rings (SSSR count). The van der Waals surface area contributed by atoms with Crippen molar-refractivity contribution in [2.45, 2.75) is 17.7 Å². The fraction of sp³-hybridized carbons (Fsp3) is 0.333. The zero-order valence-corrected chi connectivity index (χ0v) is 8.63. The monoisotopic (exact) mass is 250 g/mol. The number of rotatable bonds is 1. The summed E-state index contributed by atoms with van der Waals surface area (Å²) in [5.74, 6) is 0. The molecule has 1 aromatic rings. The minimum Gasteiger partial charge on any atom is -0.308 e. The van der Waals surface area contributed by atoms with E-state index in [9.17, 15) is 18.3 Å². The quantitative estimate of drug-likeness (QED) is 0.615. The highest BCUT2D eigenvalue weighted by Gasteiger charge is 2.39. The van der Waals surface area contributed by atoms with Crippen LogP contribution in [0.1, 0.15) is 16.4 Å². The van der Waals surface area contributed by atoms with E-state index in [4.69, 9.17) is 0 Å². The number of nitroso groups, excluding NO2 is 1. The molecule has 16 heavy (non-hydrogen) atoms. The zero-order chi connectivity index (χ0) is 11.8. The molecule has 0 bridgehead atoms. The normalized spacial score (nSPS) is 25.0. The first-order valence-corrected chi connectivity index (χ1v) is 5.19. The topological polar surface area (TPSA) is 43.9 Å². The van der Waals surface area contributed by atoms with Crippen LogP contribution < -0.4 is 0 Å². The number of benzene rings is 1. The first kappa shape index (κ1) is 11.4. The summed E-state index contributed by atoms with van der Waals surface area (Å²) in [4.78, 5) is 0. The number of hydrogen-bond donors (Lipinski definition) is 1. The second kappa shape index (κ2) is 4.06. The molecule has 0 aromatic heterocycles. The average Bonchev–Trinajstić information content (AvgIpc) is 2.63. The fourth-order valence-corrected chi connectivity index (χ4v) is 1.97. The molecule has 0 amide bonds. The van der Waals surface area contributed by atoms with Gasteiger partial charge in [0.25, 0.3) is 0 Å². The maximum Gasteiger partial charge on any atom is 0.438 e. The Hall–Kier alpha value is -1.08. The van der Waals surface area contributed by atoms with Gasteiger partial charge in [-0.3, -0.25) is 0 Å². The summed E-state index contributed by atoms with van der Waals surface area (Å²) in [6, 6.07) is 4.57. The van der Waals surface area contributed by atoms with E-state index in [2.05, 4.69) is 9.12 Å². The molecule has 1 aromatic carbocycles. The fourth-order valence-electron chi connectivity index (χ4n) is 1.31. The lowest BCUT2D eigenvalue weighted by atomic mass is 10.1. The number of halogens is 3. The predicted molar refractivity (Wildman–Crippen MR) is 53.6 cm³/mol. The molecule has 0 spiro atoms. The molecule has 0 aliphatic carbocycles. The third-order valence-electron chi connectivity index (χ3n) is 2.13. The molecule has 1 aliphatic rings. The predicted octanol–water partition coefficient (Wildman–Crippen LogP) is 3.03. The van der Waals surface area contributed by atoms with Gasteiger partial charge in [0.1, 0.15) is 11.9 Å². The third-order valence-corrected chi connectivity index (χ3v) is 3.04. The third kappa shape index (κ3) is 2.19. The van der Waals surface area contributed by atoms with E-state index in [0.29, 0.717) is 5.56 Å². The summed E-state index contributed by atoms with van der Waals surface area (Å²) in [5.41, 5.74) is -0.168. The van der Waals surface area contributed by atoms with Crippen molar-refractivity contribution in [3.63, 3.8) is 0 Å². The largest absolute Gasteiger partial charge is 0.438 e. The van der Waals surface area contributed by atoms with E-state index in [1.165, 1.54) is 12.1 Å². The van der Waals surface area contributed by atoms with Crippen LogP contribution in [0.15, 0.2) is 28.8 Å². The number of nitrogens with zero attached hydrogens (tertiary/aromatic N) is 1. The van der Waals surface area contributed by atoms with E-state index >= 15 is 0 Å². The molecule has 86 valence electrons. The Bertz CT molecular complexity index is 404. The lowest BCUT2D eigenvalue weighted by Gasteiger charge is -2.08. The molecule has 0 saturated carbocycles. The minimum absolute atomic E-state index is 0.470. The molecule has 0 radical (unpaired) electrons. The highest BCUT2D eigenvalue weighted by Crippen LogP contribution is 2.39. The van der Waals surface area contributed by atoms with Gasteiger partial charge in [0.15, 0.2) is 9.83 Å². The maximum absolute atomic E-state index is 12.3. The van der Waals surface area contributed by atoms with Crippen LogP contribution in [-0.2, 0) is 6.18 Å². The Kier molecular flexibility index (Phi) is 2.90. The van der Waals surface area contributed by atoms with Crippen molar-refractivity contribution in [2.24, 2.45) is 4.58 Å². The Morgan fingerprint density at radius 1 is 1.25 bits per heavy atom. The van der Waals surface area contributed by atoms with Gasteiger partial charge in [-0.05, 0) is 17.7 Å². The zero-order valence-electron chi connectivity index (χ0n) is 7.81. The van der Waals surface area contributed by atoms with Crippen LogP contribution >= 0.6 is 11.9 Å². The molecule has 7 heteroatoms. The van der Waals surface area contributed by atoms with Crippen LogP contribution in [-0.4, -0.2) is 11.4 Å². The average molecular weight is 250 g/mol. The second-order valence-corrected chi connectivity index (χ2v) is 4.08. The summed E-state index contributed by atoms with van der Waals surface area (Å²) < 4.78 is 44.8. The SMILES string of the molecule is OC1[O+]=NSC1c1ccc(C(F)(F)F)cc1. The van der Waals surface area contributed by atoms with Gasteiger partial charge in [-0.2, -0.15) is 13.2 Å².